The molecule has 3 rings (SSSR count). The van der Waals surface area contributed by atoms with Gasteiger partial charge in [-0.05, 0) is 48.7 Å². The molecule has 3 aromatic rings. The van der Waals surface area contributed by atoms with Crippen molar-refractivity contribution in [3.8, 4) is 0 Å². The van der Waals surface area contributed by atoms with Crippen molar-refractivity contribution in [2.24, 2.45) is 5.84 Å². The van der Waals surface area contributed by atoms with E-state index >= 15 is 0 Å². The number of rotatable bonds is 3. The molecule has 1 atom stereocenters. The van der Waals surface area contributed by atoms with E-state index in [4.69, 9.17) is 21.9 Å². The predicted molar refractivity (Wildman–Crippen MR) is 86.3 cm³/mol. The van der Waals surface area contributed by atoms with Crippen molar-refractivity contribution in [2.75, 3.05) is 0 Å². The van der Waals surface area contributed by atoms with Gasteiger partial charge in [0.2, 0.25) is 0 Å². The minimum Gasteiger partial charge on any atom is -0.459 e. The summed E-state index contributed by atoms with van der Waals surface area (Å²) >= 11 is 6.14. The topological polar surface area (TPSA) is 51.2 Å². The summed E-state index contributed by atoms with van der Waals surface area (Å²) in [6, 6.07) is 13.7. The molecule has 4 heteroatoms. The summed E-state index contributed by atoms with van der Waals surface area (Å²) < 4.78 is 6.00. The molecule has 0 bridgehead atoms. The number of hydrogen-bond acceptors (Lipinski definition) is 3. The lowest BCUT2D eigenvalue weighted by atomic mass is 10.0. The first-order valence-electron chi connectivity index (χ1n) is 6.81. The van der Waals surface area contributed by atoms with Crippen molar-refractivity contribution in [1.82, 2.24) is 5.43 Å². The second kappa shape index (κ2) is 5.53. The third kappa shape index (κ3) is 2.68. The normalized spacial score (nSPS) is 12.8. The first-order valence-corrected chi connectivity index (χ1v) is 7.18. The average molecular weight is 301 g/mol. The highest BCUT2D eigenvalue weighted by atomic mass is 35.5. The molecule has 0 amide bonds. The smallest absolute Gasteiger partial charge is 0.137 e. The van der Waals surface area contributed by atoms with Gasteiger partial charge in [0.1, 0.15) is 17.4 Å². The zero-order chi connectivity index (χ0) is 15.0. The minimum absolute atomic E-state index is 0.228. The zero-order valence-electron chi connectivity index (χ0n) is 12.0. The fourth-order valence-electron chi connectivity index (χ4n) is 2.64. The maximum atomic E-state index is 6.14. The highest BCUT2D eigenvalue weighted by Crippen LogP contribution is 2.31. The molecule has 3 nitrogen and oxygen atoms in total. The van der Waals surface area contributed by atoms with Crippen LogP contribution in [0.15, 0.2) is 46.9 Å². The lowest BCUT2D eigenvalue weighted by Gasteiger charge is -2.14. The Morgan fingerprint density at radius 3 is 2.62 bits per heavy atom. The Morgan fingerprint density at radius 1 is 1.14 bits per heavy atom. The number of hydrogen-bond donors (Lipinski definition) is 2. The van der Waals surface area contributed by atoms with E-state index in [1.165, 1.54) is 0 Å². The number of aryl methyl sites for hydroxylation is 2. The molecule has 108 valence electrons. The van der Waals surface area contributed by atoms with Crippen LogP contribution < -0.4 is 11.3 Å². The van der Waals surface area contributed by atoms with E-state index in [-0.39, 0.29) is 6.04 Å². The molecule has 1 heterocycles. The van der Waals surface area contributed by atoms with E-state index in [1.807, 2.05) is 50.2 Å². The largest absolute Gasteiger partial charge is 0.459 e. The quantitative estimate of drug-likeness (QED) is 0.561. The van der Waals surface area contributed by atoms with Crippen LogP contribution in [0, 0.1) is 13.8 Å². The van der Waals surface area contributed by atoms with Gasteiger partial charge in [-0.15, -0.1) is 0 Å². The fraction of sp³-hybridized carbons (Fsp3) is 0.176. The number of fused-ring (bicyclic) bond motifs is 1. The van der Waals surface area contributed by atoms with E-state index < -0.39 is 0 Å². The van der Waals surface area contributed by atoms with E-state index in [0.29, 0.717) is 5.02 Å². The van der Waals surface area contributed by atoms with Crippen molar-refractivity contribution >= 4 is 22.6 Å². The van der Waals surface area contributed by atoms with Crippen LogP contribution >= 0.6 is 11.6 Å². The molecule has 2 aromatic carbocycles. The summed E-state index contributed by atoms with van der Waals surface area (Å²) in [4.78, 5) is 0. The van der Waals surface area contributed by atoms with Crippen molar-refractivity contribution in [2.45, 2.75) is 19.9 Å². The standard InChI is InChI=1S/C17H17ClN2O/c1-10-6-13(8-14(18)7-10)16(20-19)15-9-12-5-3-4-11(2)17(12)21-15/h3-9,16,20H,19H2,1-2H3. The number of para-hydroxylation sites is 1. The highest BCUT2D eigenvalue weighted by Gasteiger charge is 2.18. The van der Waals surface area contributed by atoms with Gasteiger partial charge in [-0.25, -0.2) is 5.43 Å². The van der Waals surface area contributed by atoms with Crippen LogP contribution in [0.5, 0.6) is 0 Å². The van der Waals surface area contributed by atoms with Gasteiger partial charge in [-0.3, -0.25) is 5.84 Å². The molecule has 1 unspecified atom stereocenters. The van der Waals surface area contributed by atoms with Crippen molar-refractivity contribution in [3.05, 3.63) is 69.9 Å². The molecule has 0 fully saturated rings. The summed E-state index contributed by atoms with van der Waals surface area (Å²) in [5, 5.41) is 1.77. The second-order valence-corrected chi connectivity index (χ2v) is 5.74. The number of halogens is 1. The van der Waals surface area contributed by atoms with Gasteiger partial charge in [0.15, 0.2) is 0 Å². The Bertz CT molecular complexity index is 774. The van der Waals surface area contributed by atoms with Crippen molar-refractivity contribution < 1.29 is 4.42 Å². The Hall–Kier alpha value is -1.81. The lowest BCUT2D eigenvalue weighted by molar-refractivity contribution is 0.476. The molecule has 0 radical (unpaired) electrons. The molecule has 1 aromatic heterocycles. The predicted octanol–water partition coefficient (Wildman–Crippen LogP) is 4.26. The van der Waals surface area contributed by atoms with Gasteiger partial charge in [0.25, 0.3) is 0 Å². The molecule has 0 saturated heterocycles. The summed E-state index contributed by atoms with van der Waals surface area (Å²) in [5.41, 5.74) is 6.89. The number of benzene rings is 2. The van der Waals surface area contributed by atoms with Gasteiger partial charge in [0, 0.05) is 10.4 Å². The van der Waals surface area contributed by atoms with Gasteiger partial charge in [-0.1, -0.05) is 35.9 Å². The first kappa shape index (κ1) is 14.1. The maximum Gasteiger partial charge on any atom is 0.137 e. The number of nitrogens with one attached hydrogen (secondary N) is 1. The summed E-state index contributed by atoms with van der Waals surface area (Å²) in [6.07, 6.45) is 0. The molecule has 0 aliphatic heterocycles. The monoisotopic (exact) mass is 300 g/mol. The lowest BCUT2D eigenvalue weighted by Crippen LogP contribution is -2.28. The molecule has 3 N–H and O–H groups in total. The molecular weight excluding hydrogens is 284 g/mol. The SMILES string of the molecule is Cc1cc(Cl)cc(C(NN)c2cc3cccc(C)c3o2)c1. The van der Waals surface area contributed by atoms with E-state index in [0.717, 1.165) is 33.4 Å². The number of nitrogens with two attached hydrogens (primary N) is 1. The van der Waals surface area contributed by atoms with Gasteiger partial charge >= 0.3 is 0 Å². The van der Waals surface area contributed by atoms with Crippen LogP contribution in [0.4, 0.5) is 0 Å². The molecular formula is C17H17ClN2O. The van der Waals surface area contributed by atoms with Crippen molar-refractivity contribution in [1.29, 1.82) is 0 Å². The summed E-state index contributed by atoms with van der Waals surface area (Å²) in [5.74, 6) is 6.52. The van der Waals surface area contributed by atoms with Crippen LogP contribution in [0.25, 0.3) is 11.0 Å². The third-order valence-corrected chi connectivity index (χ3v) is 3.83. The Morgan fingerprint density at radius 2 is 1.95 bits per heavy atom. The summed E-state index contributed by atoms with van der Waals surface area (Å²) in [6.45, 7) is 4.04. The third-order valence-electron chi connectivity index (χ3n) is 3.61. The molecule has 0 aliphatic carbocycles. The molecule has 0 spiro atoms. The van der Waals surface area contributed by atoms with Crippen molar-refractivity contribution in [3.63, 3.8) is 0 Å². The Balaban J connectivity index is 2.11. The Labute approximate surface area is 128 Å². The average Bonchev–Trinajstić information content (AvgIpc) is 2.83. The van der Waals surface area contributed by atoms with E-state index in [9.17, 15) is 0 Å². The Kier molecular flexibility index (Phi) is 3.72. The highest BCUT2D eigenvalue weighted by molar-refractivity contribution is 6.30. The van der Waals surface area contributed by atoms with Crippen LogP contribution in [-0.4, -0.2) is 0 Å². The molecule has 21 heavy (non-hydrogen) atoms. The molecule has 0 saturated carbocycles. The van der Waals surface area contributed by atoms with Crippen LogP contribution in [0.3, 0.4) is 0 Å². The fourth-order valence-corrected chi connectivity index (χ4v) is 2.94. The zero-order valence-corrected chi connectivity index (χ0v) is 12.7. The van der Waals surface area contributed by atoms with E-state index in [2.05, 4.69) is 11.5 Å². The molecule has 0 aliphatic rings. The summed E-state index contributed by atoms with van der Waals surface area (Å²) in [7, 11) is 0. The van der Waals surface area contributed by atoms with Gasteiger partial charge in [-0.2, -0.15) is 0 Å². The van der Waals surface area contributed by atoms with Crippen LogP contribution in [0.1, 0.15) is 28.5 Å². The van der Waals surface area contributed by atoms with Crippen LogP contribution in [-0.2, 0) is 0 Å². The van der Waals surface area contributed by atoms with Gasteiger partial charge < -0.3 is 4.42 Å². The van der Waals surface area contributed by atoms with E-state index in [1.54, 1.807) is 0 Å². The number of furan rings is 1. The van der Waals surface area contributed by atoms with Gasteiger partial charge in [0.05, 0.1) is 0 Å². The maximum absolute atomic E-state index is 6.14. The second-order valence-electron chi connectivity index (χ2n) is 5.30. The van der Waals surface area contributed by atoms with Crippen LogP contribution in [0.2, 0.25) is 5.02 Å². The number of hydrazine groups is 1. The first-order chi connectivity index (χ1) is 10.1. The minimum atomic E-state index is -0.228.